The molecule has 1 aromatic carbocycles. The number of carbonyl (C=O) groups is 1. The van der Waals surface area contributed by atoms with Crippen molar-refractivity contribution in [1.82, 2.24) is 10.3 Å². The lowest BCUT2D eigenvalue weighted by atomic mass is 9.84. The molecule has 1 unspecified atom stereocenters. The molecule has 21 heavy (non-hydrogen) atoms. The predicted octanol–water partition coefficient (Wildman–Crippen LogP) is 3.59. The van der Waals surface area contributed by atoms with Gasteiger partial charge in [-0.15, -0.1) is 0 Å². The van der Waals surface area contributed by atoms with Crippen LogP contribution in [0.5, 0.6) is 0 Å². The van der Waals surface area contributed by atoms with E-state index in [1.165, 1.54) is 23.1 Å². The van der Waals surface area contributed by atoms with Crippen LogP contribution in [0.1, 0.15) is 36.9 Å². The summed E-state index contributed by atoms with van der Waals surface area (Å²) in [6.07, 6.45) is 6.28. The highest BCUT2D eigenvalue weighted by atomic mass is 35.5. The van der Waals surface area contributed by atoms with E-state index in [0.717, 1.165) is 42.6 Å². The molecule has 1 atom stereocenters. The molecule has 1 saturated carbocycles. The van der Waals surface area contributed by atoms with E-state index < -0.39 is 0 Å². The molecule has 3 nitrogen and oxygen atoms in total. The molecular weight excluding hydrogens is 284 g/mol. The molecule has 0 radical (unpaired) electrons. The lowest BCUT2D eigenvalue weighted by Crippen LogP contribution is -2.43. The first-order valence-corrected chi connectivity index (χ1v) is 8.18. The van der Waals surface area contributed by atoms with E-state index in [0.29, 0.717) is 0 Å². The SMILES string of the molecule is O=C(NC1CCc2[nH]c3cc(Cl)ccc3c2C1)C1CCC1. The minimum Gasteiger partial charge on any atom is -0.358 e. The van der Waals surface area contributed by atoms with Gasteiger partial charge in [0.2, 0.25) is 5.91 Å². The second-order valence-corrected chi connectivity index (χ2v) is 6.78. The lowest BCUT2D eigenvalue weighted by molar-refractivity contribution is -0.128. The Morgan fingerprint density at radius 3 is 2.90 bits per heavy atom. The van der Waals surface area contributed by atoms with E-state index in [9.17, 15) is 4.79 Å². The molecule has 1 aromatic heterocycles. The maximum Gasteiger partial charge on any atom is 0.223 e. The molecule has 0 spiro atoms. The van der Waals surface area contributed by atoms with Crippen molar-refractivity contribution in [3.63, 3.8) is 0 Å². The van der Waals surface area contributed by atoms with Crippen LogP contribution >= 0.6 is 11.6 Å². The predicted molar refractivity (Wildman–Crippen MR) is 84.6 cm³/mol. The summed E-state index contributed by atoms with van der Waals surface area (Å²) in [6.45, 7) is 0. The van der Waals surface area contributed by atoms with Crippen LogP contribution in [0.2, 0.25) is 5.02 Å². The minimum absolute atomic E-state index is 0.262. The first-order valence-electron chi connectivity index (χ1n) is 7.80. The van der Waals surface area contributed by atoms with E-state index in [1.807, 2.05) is 12.1 Å². The quantitative estimate of drug-likeness (QED) is 0.875. The Hall–Kier alpha value is -1.48. The Balaban J connectivity index is 1.56. The average molecular weight is 303 g/mol. The normalized spacial score (nSPS) is 21.9. The molecule has 0 bridgehead atoms. The molecule has 4 rings (SSSR count). The van der Waals surface area contributed by atoms with Gasteiger partial charge in [0.15, 0.2) is 0 Å². The number of amides is 1. The molecule has 2 aliphatic carbocycles. The third-order valence-corrected chi connectivity index (χ3v) is 5.21. The molecule has 1 amide bonds. The average Bonchev–Trinajstić information content (AvgIpc) is 2.73. The highest BCUT2D eigenvalue weighted by Gasteiger charge is 2.29. The molecule has 2 aromatic rings. The summed E-state index contributed by atoms with van der Waals surface area (Å²) in [6, 6.07) is 6.29. The first kappa shape index (κ1) is 13.2. The van der Waals surface area contributed by atoms with Gasteiger partial charge in [0, 0.05) is 33.6 Å². The summed E-state index contributed by atoms with van der Waals surface area (Å²) in [5.41, 5.74) is 3.77. The number of benzene rings is 1. The molecule has 110 valence electrons. The van der Waals surface area contributed by atoms with Gasteiger partial charge in [0.25, 0.3) is 0 Å². The maximum absolute atomic E-state index is 12.1. The summed E-state index contributed by atoms with van der Waals surface area (Å²) in [4.78, 5) is 15.6. The van der Waals surface area contributed by atoms with Gasteiger partial charge in [-0.2, -0.15) is 0 Å². The number of fused-ring (bicyclic) bond motifs is 3. The number of hydrogen-bond donors (Lipinski definition) is 2. The molecular formula is C17H19ClN2O. The summed E-state index contributed by atoms with van der Waals surface area (Å²) in [5, 5.41) is 5.26. The number of nitrogens with one attached hydrogen (secondary N) is 2. The number of aromatic nitrogens is 1. The van der Waals surface area contributed by atoms with Gasteiger partial charge in [0.05, 0.1) is 0 Å². The van der Waals surface area contributed by atoms with Crippen LogP contribution in [0, 0.1) is 5.92 Å². The molecule has 2 N–H and O–H groups in total. The number of aromatic amines is 1. The maximum atomic E-state index is 12.1. The van der Waals surface area contributed by atoms with Gasteiger partial charge in [0.1, 0.15) is 0 Å². The van der Waals surface area contributed by atoms with Gasteiger partial charge >= 0.3 is 0 Å². The minimum atomic E-state index is 0.262. The van der Waals surface area contributed by atoms with Gasteiger partial charge in [-0.05, 0) is 49.8 Å². The summed E-state index contributed by atoms with van der Waals surface area (Å²) >= 11 is 6.06. The van der Waals surface area contributed by atoms with Crippen molar-refractivity contribution in [2.75, 3.05) is 0 Å². The van der Waals surface area contributed by atoms with E-state index in [1.54, 1.807) is 0 Å². The zero-order chi connectivity index (χ0) is 14.4. The Labute approximate surface area is 129 Å². The number of rotatable bonds is 2. The van der Waals surface area contributed by atoms with Gasteiger partial charge in [-0.3, -0.25) is 4.79 Å². The van der Waals surface area contributed by atoms with Crippen LogP contribution in [0.3, 0.4) is 0 Å². The monoisotopic (exact) mass is 302 g/mol. The van der Waals surface area contributed by atoms with Gasteiger partial charge in [-0.25, -0.2) is 0 Å². The number of hydrogen-bond acceptors (Lipinski definition) is 1. The molecule has 4 heteroatoms. The largest absolute Gasteiger partial charge is 0.358 e. The third-order valence-electron chi connectivity index (χ3n) is 4.97. The summed E-state index contributed by atoms with van der Waals surface area (Å²) < 4.78 is 0. The Bertz CT molecular complexity index is 702. The molecule has 1 heterocycles. The van der Waals surface area contributed by atoms with Crippen LogP contribution in [0.25, 0.3) is 10.9 Å². The fraction of sp³-hybridized carbons (Fsp3) is 0.471. The smallest absolute Gasteiger partial charge is 0.223 e. The highest BCUT2D eigenvalue weighted by Crippen LogP contribution is 2.31. The van der Waals surface area contributed by atoms with Crippen LogP contribution < -0.4 is 5.32 Å². The van der Waals surface area contributed by atoms with E-state index in [4.69, 9.17) is 11.6 Å². The molecule has 2 aliphatic rings. The fourth-order valence-corrected chi connectivity index (χ4v) is 3.68. The molecule has 1 fully saturated rings. The van der Waals surface area contributed by atoms with Crippen molar-refractivity contribution in [1.29, 1.82) is 0 Å². The summed E-state index contributed by atoms with van der Waals surface area (Å²) in [7, 11) is 0. The van der Waals surface area contributed by atoms with Crippen LogP contribution in [-0.4, -0.2) is 16.9 Å². The van der Waals surface area contributed by atoms with Crippen molar-refractivity contribution >= 4 is 28.4 Å². The van der Waals surface area contributed by atoms with E-state index in [2.05, 4.69) is 16.4 Å². The number of carbonyl (C=O) groups excluding carboxylic acids is 1. The van der Waals surface area contributed by atoms with Crippen molar-refractivity contribution in [3.05, 3.63) is 34.5 Å². The van der Waals surface area contributed by atoms with Crippen LogP contribution in [0.4, 0.5) is 0 Å². The van der Waals surface area contributed by atoms with E-state index in [-0.39, 0.29) is 17.9 Å². The Kier molecular flexibility index (Phi) is 3.18. The number of aryl methyl sites for hydroxylation is 1. The molecule has 0 aliphatic heterocycles. The summed E-state index contributed by atoms with van der Waals surface area (Å²) in [5.74, 6) is 0.533. The topological polar surface area (TPSA) is 44.9 Å². The van der Waals surface area contributed by atoms with Gasteiger partial charge < -0.3 is 10.3 Å². The Morgan fingerprint density at radius 2 is 2.14 bits per heavy atom. The third kappa shape index (κ3) is 2.34. The van der Waals surface area contributed by atoms with Crippen molar-refractivity contribution in [2.45, 2.75) is 44.6 Å². The second kappa shape index (κ2) is 5.06. The van der Waals surface area contributed by atoms with Crippen molar-refractivity contribution in [3.8, 4) is 0 Å². The van der Waals surface area contributed by atoms with Crippen LogP contribution in [-0.2, 0) is 17.6 Å². The first-order chi connectivity index (χ1) is 10.2. The Morgan fingerprint density at radius 1 is 1.29 bits per heavy atom. The molecule has 0 saturated heterocycles. The fourth-order valence-electron chi connectivity index (χ4n) is 3.51. The standard InChI is InChI=1S/C17H19ClN2O/c18-11-4-6-13-14-9-12(19-17(21)10-2-1-3-10)5-7-15(14)20-16(13)8-11/h4,6,8,10,12,20H,1-3,5,7,9H2,(H,19,21). The highest BCUT2D eigenvalue weighted by molar-refractivity contribution is 6.31. The lowest BCUT2D eigenvalue weighted by Gasteiger charge is -2.29. The zero-order valence-corrected chi connectivity index (χ0v) is 12.7. The number of H-pyrrole nitrogens is 1. The number of halogens is 1. The van der Waals surface area contributed by atoms with Crippen LogP contribution in [0.15, 0.2) is 18.2 Å². The van der Waals surface area contributed by atoms with Crippen molar-refractivity contribution in [2.24, 2.45) is 5.92 Å². The zero-order valence-electron chi connectivity index (χ0n) is 11.9. The van der Waals surface area contributed by atoms with E-state index >= 15 is 0 Å². The second-order valence-electron chi connectivity index (χ2n) is 6.35. The van der Waals surface area contributed by atoms with Crippen molar-refractivity contribution < 1.29 is 4.79 Å². The van der Waals surface area contributed by atoms with Gasteiger partial charge in [-0.1, -0.05) is 24.1 Å².